The Morgan fingerprint density at radius 1 is 0.800 bits per heavy atom. The van der Waals surface area contributed by atoms with Crippen molar-refractivity contribution in [2.45, 2.75) is 0 Å². The molecule has 0 radical (unpaired) electrons. The maximum atomic E-state index is 4.14. The van der Waals surface area contributed by atoms with Gasteiger partial charge in [-0.05, 0) is 24.3 Å². The van der Waals surface area contributed by atoms with Crippen LogP contribution in [0.2, 0.25) is 0 Å². The Kier molecular flexibility index (Phi) is 3.12. The van der Waals surface area contributed by atoms with Gasteiger partial charge < -0.3 is 10.6 Å². The first kappa shape index (κ1) is 9.45. The van der Waals surface area contributed by atoms with Crippen LogP contribution in [0.15, 0.2) is 48.8 Å². The number of nitrogens with one attached hydrogen (secondary N) is 2. The Bertz CT molecular complexity index is 348. The van der Waals surface area contributed by atoms with E-state index in [-0.39, 0.29) is 0 Å². The predicted molar refractivity (Wildman–Crippen MR) is 60.6 cm³/mol. The molecule has 0 unspecified atom stereocenters. The number of rotatable bonds is 4. The van der Waals surface area contributed by atoms with Crippen molar-refractivity contribution >= 4 is 11.6 Å². The van der Waals surface area contributed by atoms with Gasteiger partial charge in [0.25, 0.3) is 0 Å². The summed E-state index contributed by atoms with van der Waals surface area (Å²) in [5.74, 6) is 1.70. The number of pyridine rings is 2. The summed E-state index contributed by atoms with van der Waals surface area (Å²) in [6.07, 6.45) is 3.51. The second-order valence-corrected chi connectivity index (χ2v) is 2.96. The van der Waals surface area contributed by atoms with Crippen LogP contribution >= 0.6 is 0 Å². The van der Waals surface area contributed by atoms with Crippen molar-refractivity contribution in [3.63, 3.8) is 0 Å². The monoisotopic (exact) mass is 200 g/mol. The summed E-state index contributed by atoms with van der Waals surface area (Å²) in [6, 6.07) is 11.5. The Balaban J connectivity index is 1.81. The molecule has 2 aromatic heterocycles. The van der Waals surface area contributed by atoms with Crippen molar-refractivity contribution in [2.75, 3.05) is 17.3 Å². The van der Waals surface area contributed by atoms with Crippen LogP contribution in [-0.2, 0) is 0 Å². The summed E-state index contributed by atoms with van der Waals surface area (Å²) in [7, 11) is 0. The van der Waals surface area contributed by atoms with E-state index in [4.69, 9.17) is 0 Å². The van der Waals surface area contributed by atoms with Crippen molar-refractivity contribution in [3.05, 3.63) is 48.8 Å². The first-order chi connectivity index (χ1) is 7.45. The average Bonchev–Trinajstić information content (AvgIpc) is 2.32. The highest BCUT2D eigenvalue weighted by molar-refractivity contribution is 5.38. The van der Waals surface area contributed by atoms with E-state index in [0.717, 1.165) is 11.6 Å². The molecule has 76 valence electrons. The van der Waals surface area contributed by atoms with E-state index in [9.17, 15) is 0 Å². The minimum atomic E-state index is 0.605. The normalized spacial score (nSPS) is 9.60. The lowest BCUT2D eigenvalue weighted by Crippen LogP contribution is -2.12. The molecule has 0 aromatic carbocycles. The summed E-state index contributed by atoms with van der Waals surface area (Å²) in [6.45, 7) is 0.605. The lowest BCUT2D eigenvalue weighted by atomic mass is 10.4. The second-order valence-electron chi connectivity index (χ2n) is 2.96. The molecule has 4 heteroatoms. The molecule has 0 amide bonds. The Labute approximate surface area is 88.4 Å². The highest BCUT2D eigenvalue weighted by atomic mass is 15.1. The highest BCUT2D eigenvalue weighted by Gasteiger charge is 1.91. The van der Waals surface area contributed by atoms with Gasteiger partial charge in [-0.2, -0.15) is 0 Å². The molecule has 0 fully saturated rings. The lowest BCUT2D eigenvalue weighted by Gasteiger charge is -2.06. The molecular weight excluding hydrogens is 188 g/mol. The van der Waals surface area contributed by atoms with Crippen molar-refractivity contribution in [1.82, 2.24) is 9.97 Å². The van der Waals surface area contributed by atoms with Crippen LogP contribution in [0, 0.1) is 0 Å². The minimum Gasteiger partial charge on any atom is -0.353 e. The van der Waals surface area contributed by atoms with Crippen LogP contribution < -0.4 is 10.6 Å². The van der Waals surface area contributed by atoms with Crippen molar-refractivity contribution in [1.29, 1.82) is 0 Å². The molecule has 2 heterocycles. The number of nitrogens with zero attached hydrogens (tertiary/aromatic N) is 2. The smallest absolute Gasteiger partial charge is 0.127 e. The van der Waals surface area contributed by atoms with Crippen molar-refractivity contribution < 1.29 is 0 Å². The average molecular weight is 200 g/mol. The zero-order chi connectivity index (χ0) is 10.3. The van der Waals surface area contributed by atoms with E-state index in [1.807, 2.05) is 36.4 Å². The fourth-order valence-corrected chi connectivity index (χ4v) is 1.16. The van der Waals surface area contributed by atoms with Gasteiger partial charge in [-0.25, -0.2) is 9.97 Å². The molecule has 0 saturated carbocycles. The summed E-state index contributed by atoms with van der Waals surface area (Å²) >= 11 is 0. The van der Waals surface area contributed by atoms with Crippen LogP contribution in [0.5, 0.6) is 0 Å². The summed E-state index contributed by atoms with van der Waals surface area (Å²) < 4.78 is 0. The Morgan fingerprint density at radius 3 is 1.73 bits per heavy atom. The molecule has 0 atom stereocenters. The van der Waals surface area contributed by atoms with E-state index < -0.39 is 0 Å². The van der Waals surface area contributed by atoms with E-state index in [2.05, 4.69) is 20.6 Å². The SMILES string of the molecule is c1ccc(NCNc2ccccn2)nc1. The van der Waals surface area contributed by atoms with E-state index >= 15 is 0 Å². The zero-order valence-corrected chi connectivity index (χ0v) is 8.22. The maximum Gasteiger partial charge on any atom is 0.127 e. The van der Waals surface area contributed by atoms with Gasteiger partial charge in [0, 0.05) is 12.4 Å². The maximum absolute atomic E-state index is 4.14. The van der Waals surface area contributed by atoms with Gasteiger partial charge in [0.1, 0.15) is 11.6 Å². The van der Waals surface area contributed by atoms with Crippen LogP contribution in [0.3, 0.4) is 0 Å². The third-order valence-electron chi connectivity index (χ3n) is 1.87. The molecule has 2 N–H and O–H groups in total. The van der Waals surface area contributed by atoms with E-state index in [1.54, 1.807) is 12.4 Å². The Morgan fingerprint density at radius 2 is 1.33 bits per heavy atom. The summed E-state index contributed by atoms with van der Waals surface area (Å²) in [5.41, 5.74) is 0. The molecular formula is C11H12N4. The van der Waals surface area contributed by atoms with Gasteiger partial charge in [-0.3, -0.25) is 0 Å². The first-order valence-corrected chi connectivity index (χ1v) is 4.75. The van der Waals surface area contributed by atoms with Gasteiger partial charge in [0.05, 0.1) is 6.67 Å². The highest BCUT2D eigenvalue weighted by Crippen LogP contribution is 2.01. The summed E-state index contributed by atoms with van der Waals surface area (Å²) in [4.78, 5) is 8.28. The summed E-state index contributed by atoms with van der Waals surface area (Å²) in [5, 5.41) is 6.26. The number of aromatic nitrogens is 2. The van der Waals surface area contributed by atoms with Gasteiger partial charge in [0.15, 0.2) is 0 Å². The van der Waals surface area contributed by atoms with Gasteiger partial charge >= 0.3 is 0 Å². The molecule has 0 aliphatic carbocycles. The quantitative estimate of drug-likeness (QED) is 0.741. The fraction of sp³-hybridized carbons (Fsp3) is 0.0909. The van der Waals surface area contributed by atoms with Crippen LogP contribution in [0.1, 0.15) is 0 Å². The van der Waals surface area contributed by atoms with Gasteiger partial charge in [-0.1, -0.05) is 12.1 Å². The number of anilines is 2. The lowest BCUT2D eigenvalue weighted by molar-refractivity contribution is 1.13. The number of hydrogen-bond donors (Lipinski definition) is 2. The molecule has 4 nitrogen and oxygen atoms in total. The zero-order valence-electron chi connectivity index (χ0n) is 8.22. The molecule has 0 aliphatic rings. The molecule has 0 spiro atoms. The van der Waals surface area contributed by atoms with Crippen molar-refractivity contribution in [3.8, 4) is 0 Å². The van der Waals surface area contributed by atoms with Crippen LogP contribution in [0.4, 0.5) is 11.6 Å². The van der Waals surface area contributed by atoms with Crippen molar-refractivity contribution in [2.24, 2.45) is 0 Å². The topological polar surface area (TPSA) is 49.8 Å². The van der Waals surface area contributed by atoms with Gasteiger partial charge in [-0.15, -0.1) is 0 Å². The molecule has 2 rings (SSSR count). The van der Waals surface area contributed by atoms with E-state index in [1.165, 1.54) is 0 Å². The Hall–Kier alpha value is -2.10. The van der Waals surface area contributed by atoms with Crippen LogP contribution in [0.25, 0.3) is 0 Å². The molecule has 0 saturated heterocycles. The fourth-order valence-electron chi connectivity index (χ4n) is 1.16. The van der Waals surface area contributed by atoms with E-state index in [0.29, 0.717) is 6.67 Å². The predicted octanol–water partition coefficient (Wildman–Crippen LogP) is 1.96. The van der Waals surface area contributed by atoms with Gasteiger partial charge in [0.2, 0.25) is 0 Å². The standard InChI is InChI=1S/C11H12N4/c1-3-7-12-10(5-1)14-9-15-11-6-2-4-8-13-11/h1-8H,9H2,(H,12,14)(H,13,15). The number of hydrogen-bond acceptors (Lipinski definition) is 4. The third kappa shape index (κ3) is 2.95. The second kappa shape index (κ2) is 4.95. The largest absolute Gasteiger partial charge is 0.353 e. The molecule has 15 heavy (non-hydrogen) atoms. The molecule has 2 aromatic rings. The first-order valence-electron chi connectivity index (χ1n) is 4.75. The molecule has 0 aliphatic heterocycles. The third-order valence-corrected chi connectivity index (χ3v) is 1.87. The van der Waals surface area contributed by atoms with Crippen LogP contribution in [-0.4, -0.2) is 16.6 Å². The molecule has 0 bridgehead atoms. The minimum absolute atomic E-state index is 0.605.